The van der Waals surface area contributed by atoms with Crippen molar-refractivity contribution in [2.75, 3.05) is 7.11 Å². The van der Waals surface area contributed by atoms with Crippen LogP contribution in [0.2, 0.25) is 0 Å². The molecule has 3 aromatic carbocycles. The molecule has 0 aliphatic carbocycles. The molecule has 0 saturated heterocycles. The molecule has 0 amide bonds. The van der Waals surface area contributed by atoms with Crippen LogP contribution in [-0.4, -0.2) is 37.1 Å². The zero-order chi connectivity index (χ0) is 25.0. The van der Waals surface area contributed by atoms with Crippen molar-refractivity contribution in [2.45, 2.75) is 13.2 Å². The molecule has 0 atom stereocenters. The lowest BCUT2D eigenvalue weighted by atomic mass is 10.1. The molecule has 37 heavy (non-hydrogen) atoms. The van der Waals surface area contributed by atoms with Crippen molar-refractivity contribution in [3.63, 3.8) is 0 Å². The quantitative estimate of drug-likeness (QED) is 0.278. The van der Waals surface area contributed by atoms with Gasteiger partial charge in [-0.05, 0) is 60.2 Å². The Bertz CT molecular complexity index is 1610. The molecule has 9 nitrogen and oxygen atoms in total. The molecular formula is C27H22N6O3S. The van der Waals surface area contributed by atoms with Crippen molar-refractivity contribution >= 4 is 16.3 Å². The van der Waals surface area contributed by atoms with Gasteiger partial charge in [0.25, 0.3) is 0 Å². The summed E-state index contributed by atoms with van der Waals surface area (Å²) >= 11 is 1.43. The highest BCUT2D eigenvalue weighted by molar-refractivity contribution is 7.16. The molecule has 0 radical (unpaired) electrons. The summed E-state index contributed by atoms with van der Waals surface area (Å²) < 4.78 is 18.7. The van der Waals surface area contributed by atoms with Crippen LogP contribution >= 0.6 is 11.3 Å². The average molecular weight is 511 g/mol. The summed E-state index contributed by atoms with van der Waals surface area (Å²) in [7, 11) is 1.64. The minimum absolute atomic E-state index is 0.317. The van der Waals surface area contributed by atoms with Crippen LogP contribution in [0.5, 0.6) is 17.2 Å². The Labute approximate surface area is 216 Å². The maximum absolute atomic E-state index is 5.94. The highest BCUT2D eigenvalue weighted by Gasteiger charge is 2.16. The van der Waals surface area contributed by atoms with Gasteiger partial charge in [-0.2, -0.15) is 14.7 Å². The summed E-state index contributed by atoms with van der Waals surface area (Å²) in [5.41, 5.74) is 3.61. The third kappa shape index (κ3) is 5.00. The molecule has 0 spiro atoms. The lowest BCUT2D eigenvalue weighted by Gasteiger charge is -2.08. The van der Waals surface area contributed by atoms with Gasteiger partial charge in [0.15, 0.2) is 5.01 Å². The van der Waals surface area contributed by atoms with E-state index in [-0.39, 0.29) is 0 Å². The number of hydrogen-bond acceptors (Lipinski definition) is 8. The summed E-state index contributed by atoms with van der Waals surface area (Å²) in [6, 6.07) is 27.3. The molecule has 0 aliphatic heterocycles. The number of nitrogens with one attached hydrogen (secondary N) is 1. The van der Waals surface area contributed by atoms with Gasteiger partial charge in [-0.15, -0.1) is 10.2 Å². The third-order valence-corrected chi connectivity index (χ3v) is 6.54. The first-order chi connectivity index (χ1) is 18.2. The van der Waals surface area contributed by atoms with Crippen LogP contribution in [0.15, 0.2) is 84.9 Å². The Morgan fingerprint density at radius 1 is 0.811 bits per heavy atom. The Kier molecular flexibility index (Phi) is 6.22. The molecule has 0 bridgehead atoms. The van der Waals surface area contributed by atoms with Gasteiger partial charge >= 0.3 is 0 Å². The predicted molar refractivity (Wildman–Crippen MR) is 140 cm³/mol. The number of benzene rings is 3. The third-order valence-electron chi connectivity index (χ3n) is 5.67. The molecule has 0 aliphatic rings. The van der Waals surface area contributed by atoms with Crippen LogP contribution in [0, 0.1) is 0 Å². The first kappa shape index (κ1) is 22.7. The van der Waals surface area contributed by atoms with Gasteiger partial charge in [0, 0.05) is 5.56 Å². The molecule has 0 fully saturated rings. The van der Waals surface area contributed by atoms with E-state index < -0.39 is 0 Å². The number of H-pyrrole nitrogens is 1. The van der Waals surface area contributed by atoms with Crippen LogP contribution in [0.4, 0.5) is 0 Å². The molecule has 6 aromatic rings. The van der Waals surface area contributed by atoms with Gasteiger partial charge in [0.1, 0.15) is 36.2 Å². The second-order valence-corrected chi connectivity index (χ2v) is 9.18. The van der Waals surface area contributed by atoms with Gasteiger partial charge in [-0.3, -0.25) is 5.10 Å². The van der Waals surface area contributed by atoms with E-state index in [1.165, 1.54) is 11.3 Å². The van der Waals surface area contributed by atoms with Crippen LogP contribution < -0.4 is 14.2 Å². The predicted octanol–water partition coefficient (Wildman–Crippen LogP) is 5.41. The lowest BCUT2D eigenvalue weighted by Crippen LogP contribution is -1.98. The van der Waals surface area contributed by atoms with Crippen molar-refractivity contribution in [1.29, 1.82) is 0 Å². The van der Waals surface area contributed by atoms with Gasteiger partial charge in [-0.25, -0.2) is 0 Å². The fraction of sp³-hybridized carbons (Fsp3) is 0.111. The number of nitrogens with zero attached hydrogens (tertiary/aromatic N) is 5. The number of ether oxygens (including phenoxy) is 3. The lowest BCUT2D eigenvalue weighted by molar-refractivity contribution is 0.296. The van der Waals surface area contributed by atoms with Gasteiger partial charge in [0.2, 0.25) is 10.8 Å². The van der Waals surface area contributed by atoms with E-state index in [1.54, 1.807) is 11.6 Å². The van der Waals surface area contributed by atoms with E-state index in [1.807, 2.05) is 84.9 Å². The average Bonchev–Trinajstić information content (AvgIpc) is 3.68. The molecule has 6 rings (SSSR count). The van der Waals surface area contributed by atoms with Gasteiger partial charge in [0.05, 0.1) is 12.8 Å². The Hall–Kier alpha value is -4.70. The summed E-state index contributed by atoms with van der Waals surface area (Å²) in [5, 5.41) is 21.4. The van der Waals surface area contributed by atoms with E-state index in [0.717, 1.165) is 44.8 Å². The van der Waals surface area contributed by atoms with Crippen molar-refractivity contribution in [2.24, 2.45) is 0 Å². The molecule has 10 heteroatoms. The molecular weight excluding hydrogens is 488 g/mol. The van der Waals surface area contributed by atoms with Crippen LogP contribution in [0.3, 0.4) is 0 Å². The highest BCUT2D eigenvalue weighted by Crippen LogP contribution is 2.26. The number of methoxy groups -OCH3 is 1. The van der Waals surface area contributed by atoms with Crippen molar-refractivity contribution < 1.29 is 14.2 Å². The van der Waals surface area contributed by atoms with E-state index in [4.69, 9.17) is 14.2 Å². The smallest absolute Gasteiger partial charge is 0.235 e. The maximum atomic E-state index is 5.94. The van der Waals surface area contributed by atoms with Gasteiger partial charge in [-0.1, -0.05) is 41.7 Å². The standard InChI is InChI=1S/C27H22N6O3S/c1-34-20-9-7-19(8-10-20)23-15-24(29-28-23)26-30-31-27-33(26)32-25(37-27)17-36-22-13-11-21(12-14-22)35-16-18-5-3-2-4-6-18/h2-15H,16-17H2,1H3,(H,28,29). The van der Waals surface area contributed by atoms with Crippen LogP contribution in [0.25, 0.3) is 27.7 Å². The Balaban J connectivity index is 1.10. The largest absolute Gasteiger partial charge is 0.497 e. The van der Waals surface area contributed by atoms with Crippen LogP contribution in [0.1, 0.15) is 10.6 Å². The SMILES string of the molecule is COc1ccc(-c2cc(-c3nnc4sc(COc5ccc(OCc6ccccc6)cc5)nn34)[nH]n2)cc1. The van der Waals surface area contributed by atoms with Crippen molar-refractivity contribution in [1.82, 2.24) is 30.0 Å². The fourth-order valence-corrected chi connectivity index (χ4v) is 4.49. The monoisotopic (exact) mass is 510 g/mol. The first-order valence-corrected chi connectivity index (χ1v) is 12.4. The van der Waals surface area contributed by atoms with E-state index in [0.29, 0.717) is 24.0 Å². The van der Waals surface area contributed by atoms with E-state index in [9.17, 15) is 0 Å². The molecule has 3 heterocycles. The summed E-state index contributed by atoms with van der Waals surface area (Å²) in [6.07, 6.45) is 0. The minimum Gasteiger partial charge on any atom is -0.497 e. The van der Waals surface area contributed by atoms with E-state index >= 15 is 0 Å². The number of hydrogen-bond donors (Lipinski definition) is 1. The number of aromatic nitrogens is 6. The first-order valence-electron chi connectivity index (χ1n) is 11.6. The summed E-state index contributed by atoms with van der Waals surface area (Å²) in [6.45, 7) is 0.839. The van der Waals surface area contributed by atoms with Crippen molar-refractivity contribution in [3.8, 4) is 40.0 Å². The molecule has 3 aromatic heterocycles. The Morgan fingerprint density at radius 2 is 1.51 bits per heavy atom. The zero-order valence-electron chi connectivity index (χ0n) is 19.9. The van der Waals surface area contributed by atoms with Crippen molar-refractivity contribution in [3.05, 3.63) is 95.5 Å². The topological polar surface area (TPSA) is 99.5 Å². The zero-order valence-corrected chi connectivity index (χ0v) is 20.7. The molecule has 0 unspecified atom stereocenters. The summed E-state index contributed by atoms with van der Waals surface area (Å²) in [5.74, 6) is 2.90. The normalized spacial score (nSPS) is 11.1. The van der Waals surface area contributed by atoms with Crippen LogP contribution in [-0.2, 0) is 13.2 Å². The Morgan fingerprint density at radius 3 is 2.24 bits per heavy atom. The summed E-state index contributed by atoms with van der Waals surface area (Å²) in [4.78, 5) is 0.679. The maximum Gasteiger partial charge on any atom is 0.235 e. The van der Waals surface area contributed by atoms with Gasteiger partial charge < -0.3 is 14.2 Å². The number of rotatable bonds is 9. The van der Waals surface area contributed by atoms with E-state index in [2.05, 4.69) is 25.5 Å². The minimum atomic E-state index is 0.317. The fourth-order valence-electron chi connectivity index (χ4n) is 3.75. The molecule has 0 saturated carbocycles. The number of fused-ring (bicyclic) bond motifs is 1. The molecule has 1 N–H and O–H groups in total. The highest BCUT2D eigenvalue weighted by atomic mass is 32.1. The number of aromatic amines is 1. The molecule has 184 valence electrons. The second kappa shape index (κ2) is 10.1. The second-order valence-electron chi connectivity index (χ2n) is 8.14.